The zero-order chi connectivity index (χ0) is 20.6. The molecule has 9 nitrogen and oxygen atoms in total. The number of furan rings is 1. The highest BCUT2D eigenvalue weighted by atomic mass is 32.2. The average Bonchev–Trinajstić information content (AvgIpc) is 3.31. The number of hydrogen-bond donors (Lipinski definition) is 1. The van der Waals surface area contributed by atoms with Crippen LogP contribution in [0.15, 0.2) is 41.0 Å². The van der Waals surface area contributed by atoms with E-state index in [1.165, 1.54) is 16.8 Å². The normalized spacial score (nSPS) is 16.3. The van der Waals surface area contributed by atoms with E-state index >= 15 is 0 Å². The van der Waals surface area contributed by atoms with E-state index < -0.39 is 10.0 Å². The number of sulfonamides is 1. The van der Waals surface area contributed by atoms with E-state index in [0.717, 1.165) is 16.9 Å². The van der Waals surface area contributed by atoms with Gasteiger partial charge in [-0.15, -0.1) is 0 Å². The number of benzene rings is 1. The summed E-state index contributed by atoms with van der Waals surface area (Å²) in [6.07, 6.45) is 2.70. The fourth-order valence-corrected chi connectivity index (χ4v) is 4.32. The van der Waals surface area contributed by atoms with Crippen molar-refractivity contribution in [2.45, 2.75) is 6.54 Å². The number of anilines is 1. The van der Waals surface area contributed by atoms with Crippen molar-refractivity contribution < 1.29 is 17.6 Å². The fraction of sp³-hybridized carbons (Fsp3) is 0.368. The van der Waals surface area contributed by atoms with Crippen LogP contribution in [0.5, 0.6) is 0 Å². The predicted molar refractivity (Wildman–Crippen MR) is 109 cm³/mol. The van der Waals surface area contributed by atoms with Gasteiger partial charge in [0.25, 0.3) is 5.91 Å². The van der Waals surface area contributed by atoms with Gasteiger partial charge >= 0.3 is 0 Å². The Morgan fingerprint density at radius 1 is 1.21 bits per heavy atom. The molecule has 154 valence electrons. The Bertz CT molecular complexity index is 1130. The lowest BCUT2D eigenvalue weighted by Crippen LogP contribution is -2.48. The van der Waals surface area contributed by atoms with E-state index in [1.54, 1.807) is 12.1 Å². The number of piperazine rings is 1. The molecule has 0 radical (unpaired) electrons. The molecule has 1 amide bonds. The smallest absolute Gasteiger partial charge is 0.291 e. The van der Waals surface area contributed by atoms with Crippen molar-refractivity contribution >= 4 is 32.7 Å². The minimum Gasteiger partial charge on any atom is -0.459 e. The highest BCUT2D eigenvalue weighted by Crippen LogP contribution is 2.21. The molecular formula is C19H23N5O4S. The van der Waals surface area contributed by atoms with Gasteiger partial charge in [-0.25, -0.2) is 13.4 Å². The molecule has 1 aliphatic heterocycles. The molecule has 2 aromatic heterocycles. The maximum absolute atomic E-state index is 12.2. The first-order chi connectivity index (χ1) is 13.8. The molecule has 29 heavy (non-hydrogen) atoms. The highest BCUT2D eigenvalue weighted by molar-refractivity contribution is 7.88. The number of carbonyl (C=O) groups is 1. The number of hydrogen-bond acceptors (Lipinski definition) is 6. The van der Waals surface area contributed by atoms with Crippen molar-refractivity contribution in [2.24, 2.45) is 7.05 Å². The second kappa shape index (κ2) is 7.62. The molecule has 0 saturated carbocycles. The van der Waals surface area contributed by atoms with Crippen molar-refractivity contribution in [1.29, 1.82) is 0 Å². The molecule has 3 heterocycles. The molecule has 3 aromatic rings. The summed E-state index contributed by atoms with van der Waals surface area (Å²) in [6.45, 7) is 2.95. The summed E-state index contributed by atoms with van der Waals surface area (Å²) in [4.78, 5) is 19.1. The average molecular weight is 417 g/mol. The van der Waals surface area contributed by atoms with Crippen LogP contribution in [-0.4, -0.2) is 65.5 Å². The number of nitrogens with one attached hydrogen (secondary N) is 1. The molecule has 0 aliphatic carbocycles. The second-order valence-electron chi connectivity index (χ2n) is 7.16. The second-order valence-corrected chi connectivity index (χ2v) is 9.14. The van der Waals surface area contributed by atoms with Crippen molar-refractivity contribution in [2.75, 3.05) is 37.8 Å². The molecule has 1 aromatic carbocycles. The van der Waals surface area contributed by atoms with E-state index in [9.17, 15) is 13.2 Å². The quantitative estimate of drug-likeness (QED) is 0.675. The lowest BCUT2D eigenvalue weighted by molar-refractivity contribution is 0.0996. The SMILES string of the molecule is Cn1c(CN2CCN(S(C)(=O)=O)CC2)nc2cc(NC(=O)c3ccco3)ccc21. The Morgan fingerprint density at radius 2 is 1.97 bits per heavy atom. The molecular weight excluding hydrogens is 394 g/mol. The first kappa shape index (κ1) is 19.6. The number of carbonyl (C=O) groups excluding carboxylic acids is 1. The van der Waals surface area contributed by atoms with Gasteiger partial charge in [0.1, 0.15) is 5.82 Å². The molecule has 0 unspecified atom stereocenters. The predicted octanol–water partition coefficient (Wildman–Crippen LogP) is 1.50. The van der Waals surface area contributed by atoms with Gasteiger partial charge in [0.05, 0.1) is 30.1 Å². The van der Waals surface area contributed by atoms with Crippen LogP contribution in [-0.2, 0) is 23.6 Å². The highest BCUT2D eigenvalue weighted by Gasteiger charge is 2.24. The lowest BCUT2D eigenvalue weighted by atomic mass is 10.2. The number of aryl methyl sites for hydroxylation is 1. The zero-order valence-corrected chi connectivity index (χ0v) is 17.1. The molecule has 0 bridgehead atoms. The van der Waals surface area contributed by atoms with Gasteiger partial charge in [-0.3, -0.25) is 9.69 Å². The minimum absolute atomic E-state index is 0.250. The van der Waals surface area contributed by atoms with Gasteiger partial charge in [0.2, 0.25) is 10.0 Å². The summed E-state index contributed by atoms with van der Waals surface area (Å²) in [5.74, 6) is 0.830. The van der Waals surface area contributed by atoms with Gasteiger partial charge in [0, 0.05) is 38.9 Å². The molecule has 4 rings (SSSR count). The summed E-state index contributed by atoms with van der Waals surface area (Å²) in [5, 5.41) is 2.81. The molecule has 1 fully saturated rings. The minimum atomic E-state index is -3.14. The number of amides is 1. The zero-order valence-electron chi connectivity index (χ0n) is 16.3. The van der Waals surface area contributed by atoms with E-state index in [-0.39, 0.29) is 11.7 Å². The van der Waals surface area contributed by atoms with Gasteiger partial charge < -0.3 is 14.3 Å². The van der Waals surface area contributed by atoms with Gasteiger partial charge in [0.15, 0.2) is 5.76 Å². The number of aromatic nitrogens is 2. The third-order valence-corrected chi connectivity index (χ3v) is 6.44. The summed E-state index contributed by atoms with van der Waals surface area (Å²) in [5.41, 5.74) is 2.39. The van der Waals surface area contributed by atoms with Crippen LogP contribution in [0.25, 0.3) is 11.0 Å². The van der Waals surface area contributed by atoms with Crippen molar-refractivity contribution in [3.8, 4) is 0 Å². The summed E-state index contributed by atoms with van der Waals surface area (Å²) in [7, 11) is -1.18. The largest absolute Gasteiger partial charge is 0.459 e. The van der Waals surface area contributed by atoms with Crippen LogP contribution in [0.1, 0.15) is 16.4 Å². The summed E-state index contributed by atoms with van der Waals surface area (Å²) in [6, 6.07) is 8.86. The molecule has 1 N–H and O–H groups in total. The number of nitrogens with zero attached hydrogens (tertiary/aromatic N) is 4. The lowest BCUT2D eigenvalue weighted by Gasteiger charge is -2.32. The fourth-order valence-electron chi connectivity index (χ4n) is 3.49. The summed E-state index contributed by atoms with van der Waals surface area (Å²) >= 11 is 0. The van der Waals surface area contributed by atoms with Crippen LogP contribution in [0.4, 0.5) is 5.69 Å². The Morgan fingerprint density at radius 3 is 2.62 bits per heavy atom. The molecule has 0 spiro atoms. The number of rotatable bonds is 5. The molecule has 0 atom stereocenters. The third kappa shape index (κ3) is 4.19. The van der Waals surface area contributed by atoms with Crippen LogP contribution in [0, 0.1) is 0 Å². The van der Waals surface area contributed by atoms with Crippen LogP contribution >= 0.6 is 0 Å². The van der Waals surface area contributed by atoms with E-state index in [2.05, 4.69) is 10.2 Å². The van der Waals surface area contributed by atoms with Gasteiger partial charge in [-0.05, 0) is 30.3 Å². The topological polar surface area (TPSA) is 101 Å². The Labute approximate surface area is 169 Å². The molecule has 1 saturated heterocycles. The maximum Gasteiger partial charge on any atom is 0.291 e. The van der Waals surface area contributed by atoms with Crippen LogP contribution in [0.2, 0.25) is 0 Å². The number of imidazole rings is 1. The van der Waals surface area contributed by atoms with Gasteiger partial charge in [-0.2, -0.15) is 4.31 Å². The standard InChI is InChI=1S/C19H23N5O4S/c1-22-16-6-5-14(20-19(25)17-4-3-11-28-17)12-15(16)21-18(22)13-23-7-9-24(10-8-23)29(2,26)27/h3-6,11-12H,7-10,13H2,1-2H3,(H,20,25). The van der Waals surface area contributed by atoms with Crippen molar-refractivity contribution in [3.63, 3.8) is 0 Å². The first-order valence-corrected chi connectivity index (χ1v) is 11.1. The van der Waals surface area contributed by atoms with E-state index in [0.29, 0.717) is 38.4 Å². The first-order valence-electron chi connectivity index (χ1n) is 9.29. The Hall–Kier alpha value is -2.69. The monoisotopic (exact) mass is 417 g/mol. The van der Waals surface area contributed by atoms with Crippen molar-refractivity contribution in [1.82, 2.24) is 18.8 Å². The van der Waals surface area contributed by atoms with Crippen LogP contribution in [0.3, 0.4) is 0 Å². The van der Waals surface area contributed by atoms with Crippen molar-refractivity contribution in [3.05, 3.63) is 48.2 Å². The van der Waals surface area contributed by atoms with Crippen LogP contribution < -0.4 is 5.32 Å². The summed E-state index contributed by atoms with van der Waals surface area (Å²) < 4.78 is 32.0. The molecule has 10 heteroatoms. The maximum atomic E-state index is 12.2. The number of fused-ring (bicyclic) bond motifs is 1. The Balaban J connectivity index is 1.47. The molecule has 1 aliphatic rings. The van der Waals surface area contributed by atoms with E-state index in [1.807, 2.05) is 29.8 Å². The third-order valence-electron chi connectivity index (χ3n) is 5.14. The van der Waals surface area contributed by atoms with Gasteiger partial charge in [-0.1, -0.05) is 0 Å². The van der Waals surface area contributed by atoms with E-state index in [4.69, 9.17) is 9.40 Å². The Kier molecular flexibility index (Phi) is 5.15.